The highest BCUT2D eigenvalue weighted by molar-refractivity contribution is 5.15. The third-order valence-corrected chi connectivity index (χ3v) is 3.32. The Kier molecular flexibility index (Phi) is 10.4. The second-order valence-corrected chi connectivity index (χ2v) is 5.03. The van der Waals surface area contributed by atoms with Crippen molar-refractivity contribution in [2.75, 3.05) is 0 Å². The van der Waals surface area contributed by atoms with E-state index in [-0.39, 0.29) is 0 Å². The lowest BCUT2D eigenvalue weighted by Crippen LogP contribution is -1.81. The standard InChI is InChI=1S/C18H28/c1-2-4-6-8-10-12-14-16-18-17-15-13-11-9-7-5-3-1/h1-8H,9-18H2. The Morgan fingerprint density at radius 3 is 1.11 bits per heavy atom. The van der Waals surface area contributed by atoms with Crippen LogP contribution in [0.2, 0.25) is 0 Å². The fourth-order valence-electron chi connectivity index (χ4n) is 2.19. The van der Waals surface area contributed by atoms with Gasteiger partial charge in [-0.3, -0.25) is 0 Å². The van der Waals surface area contributed by atoms with E-state index in [1.807, 2.05) is 0 Å². The molecule has 18 heavy (non-hydrogen) atoms. The smallest absolute Gasteiger partial charge is 0.0348 e. The van der Waals surface area contributed by atoms with Gasteiger partial charge in [-0.25, -0.2) is 0 Å². The second kappa shape index (κ2) is 12.4. The zero-order valence-electron chi connectivity index (χ0n) is 11.7. The molecule has 0 saturated carbocycles. The Bertz CT molecular complexity index is 248. The largest absolute Gasteiger partial charge is 0.0845 e. The van der Waals surface area contributed by atoms with Crippen LogP contribution in [0, 0.1) is 0 Å². The lowest BCUT2D eigenvalue weighted by atomic mass is 10.1. The Labute approximate surface area is 113 Å². The molecular formula is C18H28. The summed E-state index contributed by atoms with van der Waals surface area (Å²) in [6, 6.07) is 0. The Morgan fingerprint density at radius 2 is 0.667 bits per heavy atom. The molecule has 0 nitrogen and oxygen atoms in total. The molecule has 0 aromatic heterocycles. The van der Waals surface area contributed by atoms with Gasteiger partial charge in [0.2, 0.25) is 0 Å². The predicted octanol–water partition coefficient (Wildman–Crippen LogP) is 6.13. The maximum atomic E-state index is 2.28. The van der Waals surface area contributed by atoms with Gasteiger partial charge in [0.1, 0.15) is 0 Å². The summed E-state index contributed by atoms with van der Waals surface area (Å²) in [5, 5.41) is 0. The lowest BCUT2D eigenvalue weighted by Gasteiger charge is -2.00. The molecular weight excluding hydrogens is 216 g/mol. The van der Waals surface area contributed by atoms with Crippen molar-refractivity contribution in [2.24, 2.45) is 0 Å². The van der Waals surface area contributed by atoms with Crippen molar-refractivity contribution in [2.45, 2.75) is 64.2 Å². The summed E-state index contributed by atoms with van der Waals surface area (Å²) in [6.07, 6.45) is 31.0. The van der Waals surface area contributed by atoms with Crippen molar-refractivity contribution < 1.29 is 0 Å². The van der Waals surface area contributed by atoms with E-state index in [0.29, 0.717) is 0 Å². The highest BCUT2D eigenvalue weighted by atomic mass is 14.0. The van der Waals surface area contributed by atoms with Gasteiger partial charge in [-0.1, -0.05) is 87.1 Å². The molecule has 0 radical (unpaired) electrons. The van der Waals surface area contributed by atoms with Crippen LogP contribution in [-0.4, -0.2) is 0 Å². The van der Waals surface area contributed by atoms with Crippen LogP contribution in [0.5, 0.6) is 0 Å². The van der Waals surface area contributed by atoms with E-state index in [1.165, 1.54) is 64.2 Å². The monoisotopic (exact) mass is 244 g/mol. The van der Waals surface area contributed by atoms with Crippen LogP contribution in [0.1, 0.15) is 64.2 Å². The Morgan fingerprint density at radius 1 is 0.333 bits per heavy atom. The summed E-state index contributed by atoms with van der Waals surface area (Å²) in [6.45, 7) is 0. The third-order valence-electron chi connectivity index (χ3n) is 3.32. The Hall–Kier alpha value is -1.04. The van der Waals surface area contributed by atoms with E-state index in [1.54, 1.807) is 0 Å². The first-order chi connectivity index (χ1) is 9.00. The molecule has 1 rings (SSSR count). The van der Waals surface area contributed by atoms with Crippen LogP contribution in [0.15, 0.2) is 48.6 Å². The van der Waals surface area contributed by atoms with Crippen molar-refractivity contribution in [1.82, 2.24) is 0 Å². The predicted molar refractivity (Wildman–Crippen MR) is 82.7 cm³/mol. The van der Waals surface area contributed by atoms with Gasteiger partial charge in [0, 0.05) is 0 Å². The van der Waals surface area contributed by atoms with Gasteiger partial charge < -0.3 is 0 Å². The minimum atomic E-state index is 1.23. The molecule has 1 aliphatic carbocycles. The van der Waals surface area contributed by atoms with Gasteiger partial charge in [0.15, 0.2) is 0 Å². The van der Waals surface area contributed by atoms with E-state index < -0.39 is 0 Å². The molecule has 0 aliphatic heterocycles. The molecule has 0 N–H and O–H groups in total. The molecule has 0 fully saturated rings. The van der Waals surface area contributed by atoms with Crippen molar-refractivity contribution in [3.8, 4) is 0 Å². The number of rotatable bonds is 0. The highest BCUT2D eigenvalue weighted by Crippen LogP contribution is 2.11. The number of allylic oxidation sites excluding steroid dienone is 8. The average Bonchev–Trinajstić information content (AvgIpc) is 2.39. The average molecular weight is 244 g/mol. The molecule has 0 aromatic carbocycles. The maximum Gasteiger partial charge on any atom is -0.0348 e. The molecule has 0 aromatic rings. The van der Waals surface area contributed by atoms with Crippen LogP contribution in [0.4, 0.5) is 0 Å². The fourth-order valence-corrected chi connectivity index (χ4v) is 2.19. The topological polar surface area (TPSA) is 0 Å². The van der Waals surface area contributed by atoms with Gasteiger partial charge in [0.25, 0.3) is 0 Å². The van der Waals surface area contributed by atoms with Gasteiger partial charge in [-0.05, 0) is 25.7 Å². The summed E-state index contributed by atoms with van der Waals surface area (Å²) < 4.78 is 0. The molecule has 0 saturated heterocycles. The molecule has 0 heteroatoms. The molecule has 0 amide bonds. The molecule has 0 bridgehead atoms. The van der Waals surface area contributed by atoms with Gasteiger partial charge >= 0.3 is 0 Å². The van der Waals surface area contributed by atoms with Crippen LogP contribution in [-0.2, 0) is 0 Å². The summed E-state index contributed by atoms with van der Waals surface area (Å²) in [5.74, 6) is 0. The molecule has 0 spiro atoms. The van der Waals surface area contributed by atoms with E-state index in [4.69, 9.17) is 0 Å². The minimum Gasteiger partial charge on any atom is -0.0845 e. The van der Waals surface area contributed by atoms with Crippen LogP contribution in [0.25, 0.3) is 0 Å². The minimum absolute atomic E-state index is 1.23. The van der Waals surface area contributed by atoms with Crippen LogP contribution in [0.3, 0.4) is 0 Å². The van der Waals surface area contributed by atoms with E-state index in [0.717, 1.165) is 0 Å². The first kappa shape index (κ1) is 15.0. The zero-order chi connectivity index (χ0) is 12.7. The van der Waals surface area contributed by atoms with Crippen molar-refractivity contribution in [3.05, 3.63) is 48.6 Å². The number of hydrogen-bond acceptors (Lipinski definition) is 0. The quantitative estimate of drug-likeness (QED) is 0.481. The van der Waals surface area contributed by atoms with Gasteiger partial charge in [0.05, 0.1) is 0 Å². The first-order valence-electron chi connectivity index (χ1n) is 7.65. The highest BCUT2D eigenvalue weighted by Gasteiger charge is 1.91. The molecule has 100 valence electrons. The molecule has 0 unspecified atom stereocenters. The third kappa shape index (κ3) is 10.1. The maximum absolute atomic E-state index is 2.28. The summed E-state index contributed by atoms with van der Waals surface area (Å²) in [4.78, 5) is 0. The summed E-state index contributed by atoms with van der Waals surface area (Å²) >= 11 is 0. The van der Waals surface area contributed by atoms with Gasteiger partial charge in [-0.15, -0.1) is 0 Å². The SMILES string of the molecule is C1=CC=CCCCCCCCCCCC=CC=C1. The first-order valence-corrected chi connectivity index (χ1v) is 7.65. The fraction of sp³-hybridized carbons (Fsp3) is 0.556. The van der Waals surface area contributed by atoms with E-state index in [9.17, 15) is 0 Å². The molecule has 1 aliphatic rings. The van der Waals surface area contributed by atoms with Crippen molar-refractivity contribution in [3.63, 3.8) is 0 Å². The van der Waals surface area contributed by atoms with E-state index in [2.05, 4.69) is 48.6 Å². The second-order valence-electron chi connectivity index (χ2n) is 5.03. The van der Waals surface area contributed by atoms with Crippen LogP contribution >= 0.6 is 0 Å². The summed E-state index contributed by atoms with van der Waals surface area (Å²) in [7, 11) is 0. The molecule has 0 atom stereocenters. The zero-order valence-corrected chi connectivity index (χ0v) is 11.7. The van der Waals surface area contributed by atoms with Crippen molar-refractivity contribution >= 4 is 0 Å². The van der Waals surface area contributed by atoms with E-state index >= 15 is 0 Å². The lowest BCUT2D eigenvalue weighted by molar-refractivity contribution is 0.571. The Balaban J connectivity index is 2.27. The normalized spacial score (nSPS) is 20.4. The van der Waals surface area contributed by atoms with Crippen molar-refractivity contribution in [1.29, 1.82) is 0 Å². The van der Waals surface area contributed by atoms with Gasteiger partial charge in [-0.2, -0.15) is 0 Å². The van der Waals surface area contributed by atoms with Crippen LogP contribution < -0.4 is 0 Å². The molecule has 0 heterocycles. The number of hydrogen-bond donors (Lipinski definition) is 0. The summed E-state index contributed by atoms with van der Waals surface area (Å²) in [5.41, 5.74) is 0.